The third-order valence-corrected chi connectivity index (χ3v) is 4.27. The van der Waals surface area contributed by atoms with Gasteiger partial charge in [-0.1, -0.05) is 19.0 Å². The lowest BCUT2D eigenvalue weighted by atomic mass is 10.1. The average molecular weight is 315 g/mol. The number of aromatic nitrogens is 3. The molecule has 3 rings (SSSR count). The summed E-state index contributed by atoms with van der Waals surface area (Å²) in [4.78, 5) is 13.6. The van der Waals surface area contributed by atoms with Gasteiger partial charge in [0.1, 0.15) is 5.82 Å². The van der Waals surface area contributed by atoms with E-state index >= 15 is 0 Å². The average Bonchev–Trinajstić information content (AvgIpc) is 3.16. The standard InChI is InChI=1S/C17H25N5O/c1-12(2)9-15-19-17(23-20-15)13-5-6-16(18-10-13)22-8-7-14(11-22)21(3)4/h5-6,10,12,14H,7-9,11H2,1-4H3/t14-/m1/s1. The summed E-state index contributed by atoms with van der Waals surface area (Å²) in [5.74, 6) is 2.83. The molecule has 0 saturated carbocycles. The number of pyridine rings is 1. The third-order valence-electron chi connectivity index (χ3n) is 4.27. The van der Waals surface area contributed by atoms with Crippen molar-refractivity contribution in [3.63, 3.8) is 0 Å². The Morgan fingerprint density at radius 1 is 1.35 bits per heavy atom. The fraction of sp³-hybridized carbons (Fsp3) is 0.588. The molecule has 0 amide bonds. The maximum absolute atomic E-state index is 5.34. The van der Waals surface area contributed by atoms with Crippen molar-refractivity contribution in [2.75, 3.05) is 32.1 Å². The Bertz CT molecular complexity index is 635. The largest absolute Gasteiger partial charge is 0.355 e. The first-order chi connectivity index (χ1) is 11.0. The number of rotatable bonds is 5. The van der Waals surface area contributed by atoms with Gasteiger partial charge in [-0.3, -0.25) is 0 Å². The van der Waals surface area contributed by atoms with Crippen LogP contribution in [0.25, 0.3) is 11.5 Å². The number of hydrogen-bond donors (Lipinski definition) is 0. The zero-order valence-electron chi connectivity index (χ0n) is 14.4. The van der Waals surface area contributed by atoms with E-state index in [0.717, 1.165) is 36.7 Å². The smallest absolute Gasteiger partial charge is 0.259 e. The van der Waals surface area contributed by atoms with Crippen LogP contribution in [-0.4, -0.2) is 53.3 Å². The summed E-state index contributed by atoms with van der Waals surface area (Å²) in [6.07, 6.45) is 3.83. The first-order valence-electron chi connectivity index (χ1n) is 8.23. The fourth-order valence-electron chi connectivity index (χ4n) is 2.89. The normalized spacial score (nSPS) is 18.3. The van der Waals surface area contributed by atoms with Crippen LogP contribution in [0.5, 0.6) is 0 Å². The number of nitrogens with zero attached hydrogens (tertiary/aromatic N) is 5. The molecular formula is C17H25N5O. The van der Waals surface area contributed by atoms with Gasteiger partial charge in [0, 0.05) is 31.7 Å². The van der Waals surface area contributed by atoms with Crippen molar-refractivity contribution in [1.29, 1.82) is 0 Å². The topological polar surface area (TPSA) is 58.3 Å². The van der Waals surface area contributed by atoms with Crippen molar-refractivity contribution in [3.05, 3.63) is 24.2 Å². The van der Waals surface area contributed by atoms with Crippen molar-refractivity contribution in [3.8, 4) is 11.5 Å². The molecule has 3 heterocycles. The molecule has 0 spiro atoms. The molecule has 23 heavy (non-hydrogen) atoms. The highest BCUT2D eigenvalue weighted by molar-refractivity contribution is 5.55. The molecule has 1 saturated heterocycles. The Morgan fingerprint density at radius 2 is 2.17 bits per heavy atom. The van der Waals surface area contributed by atoms with Crippen LogP contribution in [0.4, 0.5) is 5.82 Å². The van der Waals surface area contributed by atoms with E-state index in [1.807, 2.05) is 18.3 Å². The van der Waals surface area contributed by atoms with Gasteiger partial charge in [0.25, 0.3) is 5.89 Å². The highest BCUT2D eigenvalue weighted by atomic mass is 16.5. The summed E-state index contributed by atoms with van der Waals surface area (Å²) >= 11 is 0. The molecule has 0 bridgehead atoms. The zero-order valence-corrected chi connectivity index (χ0v) is 14.4. The van der Waals surface area contributed by atoms with E-state index in [2.05, 4.69) is 52.9 Å². The van der Waals surface area contributed by atoms with Crippen LogP contribution in [0.15, 0.2) is 22.9 Å². The van der Waals surface area contributed by atoms with Crippen LogP contribution < -0.4 is 4.90 Å². The zero-order chi connectivity index (χ0) is 16.4. The van der Waals surface area contributed by atoms with Gasteiger partial charge in [0.05, 0.1) is 5.56 Å². The van der Waals surface area contributed by atoms with E-state index in [9.17, 15) is 0 Å². The lowest BCUT2D eigenvalue weighted by molar-refractivity contribution is 0.315. The quantitative estimate of drug-likeness (QED) is 0.845. The van der Waals surface area contributed by atoms with Gasteiger partial charge in [0.15, 0.2) is 5.82 Å². The van der Waals surface area contributed by atoms with Gasteiger partial charge in [0.2, 0.25) is 0 Å². The number of hydrogen-bond acceptors (Lipinski definition) is 6. The first-order valence-corrected chi connectivity index (χ1v) is 8.23. The van der Waals surface area contributed by atoms with Crippen LogP contribution in [-0.2, 0) is 6.42 Å². The van der Waals surface area contributed by atoms with E-state index in [0.29, 0.717) is 17.9 Å². The molecule has 1 aliphatic rings. The first kappa shape index (κ1) is 15.9. The van der Waals surface area contributed by atoms with Crippen LogP contribution in [0.2, 0.25) is 0 Å². The van der Waals surface area contributed by atoms with Crippen molar-refractivity contribution in [2.45, 2.75) is 32.7 Å². The van der Waals surface area contributed by atoms with Crippen molar-refractivity contribution in [2.24, 2.45) is 5.92 Å². The molecule has 0 aliphatic carbocycles. The summed E-state index contributed by atoms with van der Waals surface area (Å²) in [5, 5.41) is 4.03. The molecule has 124 valence electrons. The molecule has 2 aromatic rings. The van der Waals surface area contributed by atoms with E-state index in [1.165, 1.54) is 6.42 Å². The molecule has 1 atom stereocenters. The van der Waals surface area contributed by atoms with Crippen molar-refractivity contribution in [1.82, 2.24) is 20.0 Å². The maximum Gasteiger partial charge on any atom is 0.259 e. The number of likely N-dealkylation sites (N-methyl/N-ethyl adjacent to an activating group) is 1. The van der Waals surface area contributed by atoms with E-state index in [1.54, 1.807) is 0 Å². The minimum absolute atomic E-state index is 0.515. The van der Waals surface area contributed by atoms with Crippen LogP contribution >= 0.6 is 0 Å². The van der Waals surface area contributed by atoms with Crippen LogP contribution in [0.3, 0.4) is 0 Å². The lowest BCUT2D eigenvalue weighted by Gasteiger charge is -2.21. The SMILES string of the molecule is CC(C)Cc1noc(-c2ccc(N3CC[C@@H](N(C)C)C3)nc2)n1. The van der Waals surface area contributed by atoms with E-state index < -0.39 is 0 Å². The lowest BCUT2D eigenvalue weighted by Crippen LogP contribution is -2.31. The Hall–Kier alpha value is -1.95. The molecule has 0 unspecified atom stereocenters. The Morgan fingerprint density at radius 3 is 2.78 bits per heavy atom. The summed E-state index contributed by atoms with van der Waals surface area (Å²) in [6, 6.07) is 4.66. The minimum atomic E-state index is 0.515. The molecule has 6 nitrogen and oxygen atoms in total. The maximum atomic E-state index is 5.34. The monoisotopic (exact) mass is 315 g/mol. The van der Waals surface area contributed by atoms with E-state index in [4.69, 9.17) is 4.52 Å². The van der Waals surface area contributed by atoms with Gasteiger partial charge in [-0.05, 0) is 38.6 Å². The molecule has 1 aliphatic heterocycles. The molecule has 2 aromatic heterocycles. The fourth-order valence-corrected chi connectivity index (χ4v) is 2.89. The second-order valence-electron chi connectivity index (χ2n) is 6.87. The summed E-state index contributed by atoms with van der Waals surface area (Å²) in [5.41, 5.74) is 0.875. The molecule has 0 N–H and O–H groups in total. The molecule has 0 radical (unpaired) electrons. The summed E-state index contributed by atoms with van der Waals surface area (Å²) in [6.45, 7) is 6.36. The van der Waals surface area contributed by atoms with Crippen molar-refractivity contribution < 1.29 is 4.52 Å². The molecular weight excluding hydrogens is 290 g/mol. The molecule has 6 heteroatoms. The van der Waals surface area contributed by atoms with Crippen LogP contribution in [0.1, 0.15) is 26.1 Å². The third kappa shape index (κ3) is 3.69. The molecule has 0 aromatic carbocycles. The Balaban J connectivity index is 1.69. The summed E-state index contributed by atoms with van der Waals surface area (Å²) in [7, 11) is 4.27. The van der Waals surface area contributed by atoms with Gasteiger partial charge in [-0.25, -0.2) is 4.98 Å². The van der Waals surface area contributed by atoms with Gasteiger partial charge >= 0.3 is 0 Å². The molecule has 1 fully saturated rings. The minimum Gasteiger partial charge on any atom is -0.355 e. The Labute approximate surface area is 137 Å². The highest BCUT2D eigenvalue weighted by Gasteiger charge is 2.24. The van der Waals surface area contributed by atoms with Crippen molar-refractivity contribution >= 4 is 5.82 Å². The predicted molar refractivity (Wildman–Crippen MR) is 90.4 cm³/mol. The highest BCUT2D eigenvalue weighted by Crippen LogP contribution is 2.23. The van der Waals surface area contributed by atoms with Gasteiger partial charge in [-0.2, -0.15) is 4.98 Å². The van der Waals surface area contributed by atoms with E-state index in [-0.39, 0.29) is 0 Å². The summed E-state index contributed by atoms with van der Waals surface area (Å²) < 4.78 is 5.34. The van der Waals surface area contributed by atoms with Gasteiger partial charge < -0.3 is 14.3 Å². The number of anilines is 1. The van der Waals surface area contributed by atoms with Gasteiger partial charge in [-0.15, -0.1) is 0 Å². The van der Waals surface area contributed by atoms with Crippen LogP contribution in [0, 0.1) is 5.92 Å². The predicted octanol–water partition coefficient (Wildman–Crippen LogP) is 2.47. The second kappa shape index (κ2) is 6.66. The second-order valence-corrected chi connectivity index (χ2v) is 6.87. The Kier molecular flexibility index (Phi) is 4.61.